The molecular formula is C2H7NOS. The van der Waals surface area contributed by atoms with Gasteiger partial charge in [0, 0.05) is 20.0 Å². The number of aliphatic hydroxyl groups excluding tert-OH is 1. The lowest BCUT2D eigenvalue weighted by Gasteiger charge is -1.71. The molecular weight excluding hydrogens is 86.1 g/mol. The summed E-state index contributed by atoms with van der Waals surface area (Å²) < 4.78 is 0. The number of aliphatic hydroxyl groups is 1. The van der Waals surface area contributed by atoms with Gasteiger partial charge >= 0.3 is 0 Å². The van der Waals surface area contributed by atoms with Gasteiger partial charge in [-0.3, -0.25) is 0 Å². The Kier molecular flexibility index (Phi) is 15.9. The van der Waals surface area contributed by atoms with Crippen molar-refractivity contribution in [3.8, 4) is 0 Å². The first-order chi connectivity index (χ1) is 1.91. The summed E-state index contributed by atoms with van der Waals surface area (Å²) in [6, 6.07) is 0. The molecule has 0 rings (SSSR count). The van der Waals surface area contributed by atoms with E-state index in [1.807, 2.05) is 0 Å². The topological polar surface area (TPSA) is 46.2 Å². The third-order valence-corrected chi connectivity index (χ3v) is 0.129. The molecule has 32 valence electrons. The molecule has 2 radical (unpaired) electrons. The number of nitrogens with two attached hydrogens (primary N) is 1. The lowest BCUT2D eigenvalue weighted by atomic mass is 10.8. The van der Waals surface area contributed by atoms with Crippen LogP contribution >= 0.6 is 13.5 Å². The Bertz CT molecular complexity index is 11.6. The van der Waals surface area contributed by atoms with E-state index >= 15 is 0 Å². The Hall–Kier alpha value is 0.270. The van der Waals surface area contributed by atoms with E-state index in [1.54, 1.807) is 0 Å². The Labute approximate surface area is 38.4 Å². The minimum atomic E-state index is 0. The van der Waals surface area contributed by atoms with Crippen LogP contribution in [-0.2, 0) is 0 Å². The van der Waals surface area contributed by atoms with Crippen molar-refractivity contribution in [3.05, 3.63) is 0 Å². The zero-order valence-corrected chi connectivity index (χ0v) is 3.66. The van der Waals surface area contributed by atoms with Crippen LogP contribution in [0.25, 0.3) is 0 Å². The van der Waals surface area contributed by atoms with Crippen molar-refractivity contribution in [2.45, 2.75) is 0 Å². The summed E-state index contributed by atoms with van der Waals surface area (Å²) in [6.45, 7) is 0.472. The average molecular weight is 93.2 g/mol. The summed E-state index contributed by atoms with van der Waals surface area (Å²) in [7, 11) is 0. The van der Waals surface area contributed by atoms with Crippen molar-refractivity contribution in [3.63, 3.8) is 0 Å². The molecule has 0 saturated heterocycles. The summed E-state index contributed by atoms with van der Waals surface area (Å²) in [5.41, 5.74) is 4.78. The third kappa shape index (κ3) is 13.6. The van der Waals surface area contributed by atoms with Crippen molar-refractivity contribution >= 4 is 13.5 Å². The number of hydrogen-bond donors (Lipinski definition) is 2. The van der Waals surface area contributed by atoms with Crippen LogP contribution in [0.3, 0.4) is 0 Å². The molecule has 0 aromatic heterocycles. The van der Waals surface area contributed by atoms with Gasteiger partial charge in [0.05, 0.1) is 6.61 Å². The second kappa shape index (κ2) is 8.86. The molecule has 0 bridgehead atoms. The summed E-state index contributed by atoms with van der Waals surface area (Å²) in [5.74, 6) is 0. The summed E-state index contributed by atoms with van der Waals surface area (Å²) >= 11 is 0. The van der Waals surface area contributed by atoms with Crippen molar-refractivity contribution < 1.29 is 5.11 Å². The van der Waals surface area contributed by atoms with E-state index < -0.39 is 0 Å². The van der Waals surface area contributed by atoms with Crippen LogP contribution < -0.4 is 5.73 Å². The normalized spacial score (nSPS) is 6.00. The summed E-state index contributed by atoms with van der Waals surface area (Å²) in [6.07, 6.45) is 0. The maximum atomic E-state index is 7.75. The van der Waals surface area contributed by atoms with Gasteiger partial charge in [-0.2, -0.15) is 0 Å². The molecule has 0 unspecified atom stereocenters. The molecule has 3 N–H and O–H groups in total. The molecule has 0 aliphatic carbocycles. The van der Waals surface area contributed by atoms with Crippen LogP contribution in [0.15, 0.2) is 0 Å². The van der Waals surface area contributed by atoms with Crippen molar-refractivity contribution in [1.82, 2.24) is 0 Å². The fraction of sp³-hybridized carbons (Fsp3) is 1.00. The zero-order chi connectivity index (χ0) is 3.41. The fourth-order valence-electron chi connectivity index (χ4n) is 0. The van der Waals surface area contributed by atoms with Gasteiger partial charge in [-0.15, -0.1) is 0 Å². The van der Waals surface area contributed by atoms with Crippen LogP contribution in [0.2, 0.25) is 0 Å². The molecule has 0 aromatic carbocycles. The molecule has 0 heterocycles. The number of hydrogen-bond acceptors (Lipinski definition) is 2. The maximum absolute atomic E-state index is 7.75. The highest BCUT2D eigenvalue weighted by molar-refractivity contribution is 7.59. The molecule has 0 aromatic rings. The van der Waals surface area contributed by atoms with Crippen LogP contribution in [0, 0.1) is 0 Å². The SMILES string of the molecule is NCCO.[S]. The molecule has 0 aliphatic rings. The van der Waals surface area contributed by atoms with Crippen LogP contribution in [0.1, 0.15) is 0 Å². The van der Waals surface area contributed by atoms with E-state index in [2.05, 4.69) is 0 Å². The second-order valence-electron chi connectivity index (χ2n) is 0.512. The standard InChI is InChI=1S/C2H7NO.S/c3-1-2-4;/h4H,1-3H2;. The largest absolute Gasteiger partial charge is 0.395 e. The Balaban J connectivity index is 0. The molecule has 0 aliphatic heterocycles. The minimum absolute atomic E-state index is 0. The molecule has 0 fully saturated rings. The van der Waals surface area contributed by atoms with Crippen LogP contribution in [0.4, 0.5) is 0 Å². The van der Waals surface area contributed by atoms with Crippen LogP contribution in [0.5, 0.6) is 0 Å². The van der Waals surface area contributed by atoms with Gasteiger partial charge in [-0.25, -0.2) is 0 Å². The first kappa shape index (κ1) is 8.99. The van der Waals surface area contributed by atoms with Crippen molar-refractivity contribution in [1.29, 1.82) is 0 Å². The minimum Gasteiger partial charge on any atom is -0.395 e. The highest BCUT2D eigenvalue weighted by atomic mass is 32.1. The van der Waals surface area contributed by atoms with Gasteiger partial charge in [0.1, 0.15) is 0 Å². The zero-order valence-electron chi connectivity index (χ0n) is 2.85. The van der Waals surface area contributed by atoms with Gasteiger partial charge in [0.15, 0.2) is 0 Å². The molecule has 0 atom stereocenters. The first-order valence-electron chi connectivity index (χ1n) is 1.22. The predicted octanol–water partition coefficient (Wildman–Crippen LogP) is -0.414. The van der Waals surface area contributed by atoms with E-state index in [1.165, 1.54) is 0 Å². The molecule has 2 nitrogen and oxygen atoms in total. The van der Waals surface area contributed by atoms with E-state index in [9.17, 15) is 0 Å². The monoisotopic (exact) mass is 93.0 g/mol. The lowest BCUT2D eigenvalue weighted by molar-refractivity contribution is 0.306. The summed E-state index contributed by atoms with van der Waals surface area (Å²) in [5, 5.41) is 7.75. The second-order valence-corrected chi connectivity index (χ2v) is 0.512. The van der Waals surface area contributed by atoms with Gasteiger partial charge in [0.2, 0.25) is 0 Å². The van der Waals surface area contributed by atoms with E-state index in [0.717, 1.165) is 0 Å². The van der Waals surface area contributed by atoms with E-state index in [-0.39, 0.29) is 20.1 Å². The lowest BCUT2D eigenvalue weighted by Crippen LogP contribution is -2.02. The molecule has 0 saturated carbocycles. The van der Waals surface area contributed by atoms with Crippen molar-refractivity contribution in [2.75, 3.05) is 13.2 Å². The quantitative estimate of drug-likeness (QED) is 0.462. The van der Waals surface area contributed by atoms with Gasteiger partial charge < -0.3 is 10.8 Å². The molecule has 0 amide bonds. The molecule has 0 spiro atoms. The van der Waals surface area contributed by atoms with E-state index in [4.69, 9.17) is 10.8 Å². The van der Waals surface area contributed by atoms with Gasteiger partial charge in [0.25, 0.3) is 0 Å². The van der Waals surface area contributed by atoms with Gasteiger partial charge in [-0.05, 0) is 0 Å². The predicted molar refractivity (Wildman–Crippen MR) is 23.7 cm³/mol. The number of rotatable bonds is 1. The first-order valence-corrected chi connectivity index (χ1v) is 1.22. The molecule has 5 heavy (non-hydrogen) atoms. The van der Waals surface area contributed by atoms with E-state index in [0.29, 0.717) is 6.54 Å². The highest BCUT2D eigenvalue weighted by Gasteiger charge is 1.56. The average Bonchev–Trinajstić information content (AvgIpc) is 1.37. The highest BCUT2D eigenvalue weighted by Crippen LogP contribution is 1.33. The van der Waals surface area contributed by atoms with Crippen LogP contribution in [-0.4, -0.2) is 18.3 Å². The molecule has 3 heteroatoms. The Morgan fingerprint density at radius 3 is 1.80 bits per heavy atom. The Morgan fingerprint density at radius 1 is 1.60 bits per heavy atom. The Morgan fingerprint density at radius 2 is 1.80 bits per heavy atom. The van der Waals surface area contributed by atoms with Crippen molar-refractivity contribution in [2.24, 2.45) is 5.73 Å². The maximum Gasteiger partial charge on any atom is 0.0553 e. The third-order valence-electron chi connectivity index (χ3n) is 0.129. The van der Waals surface area contributed by atoms with Gasteiger partial charge in [-0.1, -0.05) is 0 Å². The summed E-state index contributed by atoms with van der Waals surface area (Å²) in [4.78, 5) is 0. The fourth-order valence-corrected chi connectivity index (χ4v) is 0. The smallest absolute Gasteiger partial charge is 0.0553 e.